The lowest BCUT2D eigenvalue weighted by atomic mass is 9.35. The third kappa shape index (κ3) is 3.70. The number of halogens is 10. The second kappa shape index (κ2) is 8.64. The number of rotatable bonds is 4. The third-order valence-electron chi connectivity index (χ3n) is 5.20. The highest BCUT2D eigenvalue weighted by Gasteiger charge is 2.42. The summed E-state index contributed by atoms with van der Waals surface area (Å²) in [5.41, 5.74) is -6.75. The molecule has 0 N–H and O–H groups in total. The highest BCUT2D eigenvalue weighted by molar-refractivity contribution is 6.95. The first kappa shape index (κ1) is 24.5. The fourth-order valence-electron chi connectivity index (χ4n) is 3.44. The normalized spacial score (nSPS) is 11.2. The van der Waals surface area contributed by atoms with E-state index in [1.165, 1.54) is 0 Å². The minimum absolute atomic E-state index is 0.0545. The van der Waals surface area contributed by atoms with Crippen molar-refractivity contribution >= 4 is 23.1 Å². The van der Waals surface area contributed by atoms with Gasteiger partial charge in [-0.05, 0) is 13.8 Å². The number of methoxy groups -OCH3 is 1. The van der Waals surface area contributed by atoms with Crippen LogP contribution in [0.25, 0.3) is 0 Å². The molecule has 0 aromatic heterocycles. The third-order valence-corrected chi connectivity index (χ3v) is 5.20. The Kier molecular flexibility index (Phi) is 6.41. The molecule has 0 aliphatic rings. The predicted molar refractivity (Wildman–Crippen MR) is 99.6 cm³/mol. The van der Waals surface area contributed by atoms with Crippen molar-refractivity contribution in [1.29, 1.82) is 0 Å². The number of hydrogen-bond acceptors (Lipinski definition) is 1. The van der Waals surface area contributed by atoms with Crippen LogP contribution in [0.1, 0.15) is 11.1 Å². The minimum atomic E-state index is -2.88. The summed E-state index contributed by atoms with van der Waals surface area (Å²) < 4.78 is 150. The summed E-state index contributed by atoms with van der Waals surface area (Å²) in [6.45, 7) is -1.33. The molecule has 0 saturated carbocycles. The zero-order chi connectivity index (χ0) is 24.9. The van der Waals surface area contributed by atoms with Crippen LogP contribution < -0.4 is 21.1 Å². The molecule has 0 amide bonds. The van der Waals surface area contributed by atoms with E-state index in [0.29, 0.717) is 7.11 Å². The number of hydrogen-bond donors (Lipinski definition) is 0. The molecule has 1 nitrogen and oxygen atoms in total. The quantitative estimate of drug-likeness (QED) is 0.309. The van der Waals surface area contributed by atoms with Gasteiger partial charge in [-0.25, -0.2) is 35.1 Å². The molecule has 174 valence electrons. The van der Waals surface area contributed by atoms with Gasteiger partial charge in [-0.3, -0.25) is 0 Å². The van der Waals surface area contributed by atoms with Gasteiger partial charge in [0.15, 0.2) is 17.4 Å². The number of benzene rings is 3. The van der Waals surface area contributed by atoms with E-state index in [2.05, 4.69) is 4.74 Å². The van der Waals surface area contributed by atoms with Gasteiger partial charge >= 0.3 is 0 Å². The van der Waals surface area contributed by atoms with Crippen molar-refractivity contribution in [3.63, 3.8) is 0 Å². The standard InChI is InChI=1S/C21H11BF10O/c1-6-8(23)4-10(25)12(15(6)27)22(13-11(26)5-9(24)7(2)16(13)28)14-17(29)19(31)21(33-3)20(32)18(14)30/h4-5H,1-3H3. The molecule has 0 bridgehead atoms. The minimum Gasteiger partial charge on any atom is -0.491 e. The average Bonchev–Trinajstić information content (AvgIpc) is 2.75. The van der Waals surface area contributed by atoms with Crippen LogP contribution in [-0.4, -0.2) is 13.8 Å². The summed E-state index contributed by atoms with van der Waals surface area (Å²) >= 11 is 0. The summed E-state index contributed by atoms with van der Waals surface area (Å²) in [5.74, 6) is -20.8. The zero-order valence-electron chi connectivity index (χ0n) is 16.9. The molecule has 0 saturated heterocycles. The van der Waals surface area contributed by atoms with E-state index in [-0.39, 0.29) is 12.1 Å². The maximum atomic E-state index is 14.9. The molecule has 33 heavy (non-hydrogen) atoms. The van der Waals surface area contributed by atoms with Crippen molar-refractivity contribution in [1.82, 2.24) is 0 Å². The molecule has 12 heteroatoms. The molecule has 0 aliphatic heterocycles. The number of ether oxygens (including phenoxy) is 1. The first-order valence-electron chi connectivity index (χ1n) is 9.02. The monoisotopic (exact) mass is 480 g/mol. The first-order chi connectivity index (χ1) is 15.3. The lowest BCUT2D eigenvalue weighted by molar-refractivity contribution is 0.335. The summed E-state index contributed by atoms with van der Waals surface area (Å²) in [5, 5.41) is 0. The van der Waals surface area contributed by atoms with Crippen LogP contribution in [0, 0.1) is 72.0 Å². The van der Waals surface area contributed by atoms with Gasteiger partial charge < -0.3 is 4.74 Å². The van der Waals surface area contributed by atoms with Crippen molar-refractivity contribution < 1.29 is 48.6 Å². The SMILES string of the molecule is COc1c(F)c(F)c(B(c2c(F)cc(F)c(C)c2F)c2c(F)cc(F)c(C)c2F)c(F)c1F. The highest BCUT2D eigenvalue weighted by Crippen LogP contribution is 2.26. The lowest BCUT2D eigenvalue weighted by Gasteiger charge is -2.22. The van der Waals surface area contributed by atoms with E-state index in [0.717, 1.165) is 13.8 Å². The van der Waals surface area contributed by atoms with Gasteiger partial charge in [-0.2, -0.15) is 8.78 Å². The molecule has 3 aromatic rings. The largest absolute Gasteiger partial charge is 0.491 e. The van der Waals surface area contributed by atoms with Gasteiger partial charge in [0.05, 0.1) is 7.11 Å². The fraction of sp³-hybridized carbons (Fsp3) is 0.143. The fourth-order valence-corrected chi connectivity index (χ4v) is 3.44. The summed E-state index contributed by atoms with van der Waals surface area (Å²) in [4.78, 5) is 0. The molecule has 3 rings (SSSR count). The summed E-state index contributed by atoms with van der Waals surface area (Å²) in [6.07, 6.45) is 0. The Morgan fingerprint density at radius 2 is 0.879 bits per heavy atom. The van der Waals surface area contributed by atoms with Crippen LogP contribution in [-0.2, 0) is 0 Å². The molecule has 0 spiro atoms. The molecular weight excluding hydrogens is 469 g/mol. The van der Waals surface area contributed by atoms with Gasteiger partial charge in [0.1, 0.15) is 34.9 Å². The van der Waals surface area contributed by atoms with E-state index in [1.807, 2.05) is 0 Å². The maximum Gasteiger partial charge on any atom is 0.264 e. The summed E-state index contributed by atoms with van der Waals surface area (Å²) in [7, 11) is 0.656. The molecule has 0 heterocycles. The molecule has 0 radical (unpaired) electrons. The Morgan fingerprint density at radius 3 is 1.21 bits per heavy atom. The Balaban J connectivity index is 2.60. The van der Waals surface area contributed by atoms with Gasteiger partial charge in [-0.15, -0.1) is 0 Å². The Morgan fingerprint density at radius 1 is 0.515 bits per heavy atom. The van der Waals surface area contributed by atoms with Crippen molar-refractivity contribution in [2.24, 2.45) is 0 Å². The van der Waals surface area contributed by atoms with Crippen LogP contribution in [0.15, 0.2) is 12.1 Å². The van der Waals surface area contributed by atoms with E-state index in [9.17, 15) is 43.9 Å². The van der Waals surface area contributed by atoms with E-state index in [4.69, 9.17) is 0 Å². The van der Waals surface area contributed by atoms with Crippen molar-refractivity contribution in [2.75, 3.05) is 7.11 Å². The topological polar surface area (TPSA) is 9.23 Å². The van der Waals surface area contributed by atoms with Crippen LogP contribution >= 0.6 is 0 Å². The van der Waals surface area contributed by atoms with Gasteiger partial charge in [0, 0.05) is 39.6 Å². The van der Waals surface area contributed by atoms with Crippen molar-refractivity contribution in [3.8, 4) is 5.75 Å². The lowest BCUT2D eigenvalue weighted by Crippen LogP contribution is -2.60. The molecule has 0 atom stereocenters. The van der Waals surface area contributed by atoms with Crippen molar-refractivity contribution in [3.05, 3.63) is 81.4 Å². The smallest absolute Gasteiger partial charge is 0.264 e. The van der Waals surface area contributed by atoms with Crippen LogP contribution in [0.4, 0.5) is 43.9 Å². The van der Waals surface area contributed by atoms with E-state index >= 15 is 0 Å². The second-order valence-electron chi connectivity index (χ2n) is 7.02. The van der Waals surface area contributed by atoms with Crippen LogP contribution in [0.2, 0.25) is 0 Å². The van der Waals surface area contributed by atoms with Gasteiger partial charge in [-0.1, -0.05) is 0 Å². The van der Waals surface area contributed by atoms with Crippen LogP contribution in [0.5, 0.6) is 5.75 Å². The molecular formula is C21H11BF10O. The highest BCUT2D eigenvalue weighted by atomic mass is 19.2. The maximum absolute atomic E-state index is 14.9. The van der Waals surface area contributed by atoms with E-state index in [1.54, 1.807) is 0 Å². The van der Waals surface area contributed by atoms with Crippen LogP contribution in [0.3, 0.4) is 0 Å². The van der Waals surface area contributed by atoms with Crippen molar-refractivity contribution in [2.45, 2.75) is 13.8 Å². The predicted octanol–water partition coefficient (Wildman–Crippen LogP) is 4.22. The Labute approximate surface area is 180 Å². The average molecular weight is 480 g/mol. The Hall–Kier alpha value is -3.18. The molecule has 0 fully saturated rings. The zero-order valence-corrected chi connectivity index (χ0v) is 16.9. The molecule has 0 aliphatic carbocycles. The van der Waals surface area contributed by atoms with Gasteiger partial charge in [0.2, 0.25) is 11.6 Å². The van der Waals surface area contributed by atoms with E-state index < -0.39 is 98.1 Å². The second-order valence-corrected chi connectivity index (χ2v) is 7.02. The molecule has 3 aromatic carbocycles. The van der Waals surface area contributed by atoms with Gasteiger partial charge in [0.25, 0.3) is 6.71 Å². The molecule has 0 unspecified atom stereocenters. The first-order valence-corrected chi connectivity index (χ1v) is 9.02. The summed E-state index contributed by atoms with van der Waals surface area (Å²) in [6, 6.07) is 0.109. The Bertz CT molecular complexity index is 1200.